The predicted molar refractivity (Wildman–Crippen MR) is 203 cm³/mol. The molecule has 3 saturated heterocycles. The van der Waals surface area contributed by atoms with Gasteiger partial charge in [-0.3, -0.25) is 19.2 Å². The Hall–Kier alpha value is -4.32. The van der Waals surface area contributed by atoms with Crippen LogP contribution in [0.15, 0.2) is 98.1 Å². The number of benzene rings is 3. The zero-order valence-electron chi connectivity index (χ0n) is 29.4. The molecule has 0 saturated carbocycles. The maximum Gasteiger partial charge on any atom is 0.313 e. The van der Waals surface area contributed by atoms with Gasteiger partial charge in [0.05, 0.1) is 24.0 Å². The Labute approximate surface area is 313 Å². The third-order valence-electron chi connectivity index (χ3n) is 10.5. The fourth-order valence-corrected chi connectivity index (χ4v) is 9.14. The van der Waals surface area contributed by atoms with Crippen LogP contribution in [0.1, 0.15) is 50.7 Å². The normalized spacial score (nSPS) is 25.7. The SMILES string of the molecule is C=CCCC(=O)N[C@H](C)[C@@H](OC(=O)[C@@H]1[C@H]2O[C@@]3(CC2Br)[C@H](C(=O)N(CC=C)c2ccc4ccccc4c2)N(CCCCO)C(=O)[C@@H]13)c1ccccc1. The van der Waals surface area contributed by atoms with Gasteiger partial charge in [0, 0.05) is 36.6 Å². The van der Waals surface area contributed by atoms with Gasteiger partial charge in [-0.05, 0) is 61.1 Å². The van der Waals surface area contributed by atoms with E-state index in [2.05, 4.69) is 34.4 Å². The molecule has 3 aromatic carbocycles. The molecule has 1 unspecified atom stereocenters. The van der Waals surface area contributed by atoms with Gasteiger partial charge in [0.15, 0.2) is 0 Å². The minimum Gasteiger partial charge on any atom is -0.455 e. The molecule has 1 spiro atoms. The molecule has 52 heavy (non-hydrogen) atoms. The number of carbonyl (C=O) groups is 4. The van der Waals surface area contributed by atoms with Crippen molar-refractivity contribution in [1.29, 1.82) is 0 Å². The van der Waals surface area contributed by atoms with Gasteiger partial charge in [-0.25, -0.2) is 0 Å². The highest BCUT2D eigenvalue weighted by Gasteiger charge is 2.77. The second kappa shape index (κ2) is 16.1. The standard InChI is InChI=1S/C41H46BrN3O7/c1-4-6-18-32(47)43-26(3)35(28-15-8-7-9-16-28)51-40(50)33-34-38(48)45(22-12-13-23-46)37(41(34)25-31(42)36(33)52-41)39(49)44(21-5-2)30-20-19-27-14-10-11-17-29(27)24-30/h4-5,7-11,14-17,19-20,24,26,31,33-37,46H,1-2,6,12-13,18,21-23,25H2,3H3,(H,43,47)/t26-,31?,33+,34-,35-,36+,37+,41-/m1/s1. The largest absolute Gasteiger partial charge is 0.455 e. The zero-order chi connectivity index (χ0) is 37.0. The molecular weight excluding hydrogens is 726 g/mol. The molecule has 3 amide bonds. The lowest BCUT2D eigenvalue weighted by Crippen LogP contribution is -2.57. The lowest BCUT2D eigenvalue weighted by atomic mass is 9.70. The summed E-state index contributed by atoms with van der Waals surface area (Å²) in [6, 6.07) is 21.2. The fraction of sp³-hybridized carbons (Fsp3) is 0.415. The Bertz CT molecular complexity index is 1820. The number of allylic oxidation sites excluding steroid dienone is 1. The van der Waals surface area contributed by atoms with Crippen molar-refractivity contribution >= 4 is 56.1 Å². The molecule has 2 N–H and O–H groups in total. The Morgan fingerprint density at radius 2 is 1.81 bits per heavy atom. The lowest BCUT2D eigenvalue weighted by molar-refractivity contribution is -0.162. The molecule has 3 aromatic rings. The number of fused-ring (bicyclic) bond motifs is 2. The van der Waals surface area contributed by atoms with E-state index in [1.807, 2.05) is 72.8 Å². The number of hydrogen-bond donors (Lipinski definition) is 2. The van der Waals surface area contributed by atoms with Gasteiger partial charge in [-0.1, -0.05) is 88.7 Å². The van der Waals surface area contributed by atoms with Crippen LogP contribution in [0.4, 0.5) is 5.69 Å². The number of ether oxygens (including phenoxy) is 2. The molecule has 11 heteroatoms. The first-order valence-corrected chi connectivity index (χ1v) is 18.9. The number of amides is 3. The van der Waals surface area contributed by atoms with Crippen molar-refractivity contribution in [3.05, 3.63) is 104 Å². The Kier molecular flexibility index (Phi) is 11.6. The van der Waals surface area contributed by atoms with E-state index in [4.69, 9.17) is 9.47 Å². The number of likely N-dealkylation sites (tertiary alicyclic amines) is 1. The number of rotatable bonds is 16. The molecule has 3 aliphatic rings. The summed E-state index contributed by atoms with van der Waals surface area (Å²) in [5, 5.41) is 14.5. The molecular formula is C41H46BrN3O7. The fourth-order valence-electron chi connectivity index (χ4n) is 8.20. The van der Waals surface area contributed by atoms with Crippen LogP contribution >= 0.6 is 15.9 Å². The van der Waals surface area contributed by atoms with Crippen molar-refractivity contribution in [3.8, 4) is 0 Å². The maximum absolute atomic E-state index is 15.0. The van der Waals surface area contributed by atoms with Gasteiger partial charge in [-0.2, -0.15) is 0 Å². The second-order valence-corrected chi connectivity index (χ2v) is 15.0. The average molecular weight is 773 g/mol. The summed E-state index contributed by atoms with van der Waals surface area (Å²) >= 11 is 3.75. The first-order valence-electron chi connectivity index (χ1n) is 17.9. The highest BCUT2D eigenvalue weighted by Crippen LogP contribution is 2.60. The molecule has 274 valence electrons. The molecule has 3 fully saturated rings. The molecule has 3 aliphatic heterocycles. The van der Waals surface area contributed by atoms with Gasteiger partial charge < -0.3 is 29.7 Å². The van der Waals surface area contributed by atoms with E-state index < -0.39 is 47.7 Å². The molecule has 0 radical (unpaired) electrons. The van der Waals surface area contributed by atoms with Crippen LogP contribution in [0, 0.1) is 11.8 Å². The van der Waals surface area contributed by atoms with Gasteiger partial charge in [0.2, 0.25) is 11.8 Å². The van der Waals surface area contributed by atoms with E-state index in [1.54, 1.807) is 28.9 Å². The van der Waals surface area contributed by atoms with Crippen molar-refractivity contribution in [3.63, 3.8) is 0 Å². The zero-order valence-corrected chi connectivity index (χ0v) is 31.0. The summed E-state index contributed by atoms with van der Waals surface area (Å²) < 4.78 is 13.0. The summed E-state index contributed by atoms with van der Waals surface area (Å²) in [6.07, 6.45) is 3.73. The van der Waals surface area contributed by atoms with Crippen molar-refractivity contribution in [1.82, 2.24) is 10.2 Å². The smallest absolute Gasteiger partial charge is 0.313 e. The van der Waals surface area contributed by atoms with Crippen LogP contribution in [0.3, 0.4) is 0 Å². The average Bonchev–Trinajstić information content (AvgIpc) is 3.74. The number of nitrogens with zero attached hydrogens (tertiary/aromatic N) is 2. The third-order valence-corrected chi connectivity index (χ3v) is 11.4. The number of halogens is 1. The number of unbranched alkanes of at least 4 members (excludes halogenated alkanes) is 1. The molecule has 8 atom stereocenters. The number of nitrogens with one attached hydrogen (secondary N) is 1. The predicted octanol–water partition coefficient (Wildman–Crippen LogP) is 5.63. The number of esters is 1. The molecule has 10 nitrogen and oxygen atoms in total. The summed E-state index contributed by atoms with van der Waals surface area (Å²) in [5.74, 6) is -3.49. The third kappa shape index (κ3) is 7.06. The highest BCUT2D eigenvalue weighted by atomic mass is 79.9. The van der Waals surface area contributed by atoms with Crippen LogP contribution in [0.25, 0.3) is 10.8 Å². The monoisotopic (exact) mass is 771 g/mol. The van der Waals surface area contributed by atoms with Crippen LogP contribution in [0.5, 0.6) is 0 Å². The maximum atomic E-state index is 15.0. The topological polar surface area (TPSA) is 125 Å². The summed E-state index contributed by atoms with van der Waals surface area (Å²) in [6.45, 7) is 9.72. The van der Waals surface area contributed by atoms with E-state index in [0.29, 0.717) is 36.9 Å². The number of aliphatic hydroxyl groups excluding tert-OH is 1. The van der Waals surface area contributed by atoms with E-state index in [-0.39, 0.29) is 48.7 Å². The van der Waals surface area contributed by atoms with Gasteiger partial charge in [0.25, 0.3) is 5.91 Å². The lowest BCUT2D eigenvalue weighted by Gasteiger charge is -2.37. The number of hydrogen-bond acceptors (Lipinski definition) is 7. The molecule has 6 rings (SSSR count). The van der Waals surface area contributed by atoms with Crippen molar-refractivity contribution in [2.75, 3.05) is 24.6 Å². The minimum atomic E-state index is -1.31. The minimum absolute atomic E-state index is 0.0604. The van der Waals surface area contributed by atoms with Crippen molar-refractivity contribution < 1.29 is 33.8 Å². The van der Waals surface area contributed by atoms with Crippen molar-refractivity contribution in [2.45, 2.75) is 73.7 Å². The molecule has 3 heterocycles. The van der Waals surface area contributed by atoms with E-state index in [1.165, 1.54) is 0 Å². The van der Waals surface area contributed by atoms with Crippen LogP contribution < -0.4 is 10.2 Å². The summed E-state index contributed by atoms with van der Waals surface area (Å²) in [5.41, 5.74) is 0.0345. The number of carbonyl (C=O) groups excluding carboxylic acids is 4. The Morgan fingerprint density at radius 1 is 1.08 bits per heavy atom. The molecule has 0 aliphatic carbocycles. The number of anilines is 1. The van der Waals surface area contributed by atoms with Gasteiger partial charge in [-0.15, -0.1) is 13.2 Å². The van der Waals surface area contributed by atoms with Gasteiger partial charge >= 0.3 is 5.97 Å². The summed E-state index contributed by atoms with van der Waals surface area (Å²) in [7, 11) is 0. The van der Waals surface area contributed by atoms with Crippen molar-refractivity contribution in [2.24, 2.45) is 11.8 Å². The molecule has 0 aromatic heterocycles. The highest BCUT2D eigenvalue weighted by molar-refractivity contribution is 9.09. The van der Waals surface area contributed by atoms with Gasteiger partial charge in [0.1, 0.15) is 17.7 Å². The molecule has 2 bridgehead atoms. The van der Waals surface area contributed by atoms with Crippen LogP contribution in [-0.4, -0.2) is 82.0 Å². The summed E-state index contributed by atoms with van der Waals surface area (Å²) in [4.78, 5) is 59.6. The first kappa shape index (κ1) is 37.4. The first-order chi connectivity index (χ1) is 25.1. The quantitative estimate of drug-likeness (QED) is 0.0837. The second-order valence-electron chi connectivity index (χ2n) is 13.8. The Morgan fingerprint density at radius 3 is 2.52 bits per heavy atom. The van der Waals surface area contributed by atoms with Crippen LogP contribution in [0.2, 0.25) is 0 Å². The van der Waals surface area contributed by atoms with Crippen LogP contribution in [-0.2, 0) is 28.7 Å². The van der Waals surface area contributed by atoms with E-state index in [9.17, 15) is 24.3 Å². The number of aliphatic hydroxyl groups is 1. The van der Waals surface area contributed by atoms with E-state index in [0.717, 1.165) is 10.8 Å². The number of alkyl halides is 1. The van der Waals surface area contributed by atoms with E-state index >= 15 is 0 Å². The Balaban J connectivity index is 1.35.